The fourth-order valence-corrected chi connectivity index (χ4v) is 6.68. The Labute approximate surface area is 272 Å². The minimum absolute atomic E-state index is 0.252. The van der Waals surface area contributed by atoms with Gasteiger partial charge in [0.2, 0.25) is 0 Å². The van der Waals surface area contributed by atoms with Gasteiger partial charge in [-0.25, -0.2) is 9.97 Å². The number of aliphatic hydroxyl groups is 1. The van der Waals surface area contributed by atoms with Crippen LogP contribution in [0.4, 0.5) is 17.2 Å². The van der Waals surface area contributed by atoms with E-state index in [1.807, 2.05) is 49.0 Å². The van der Waals surface area contributed by atoms with Crippen molar-refractivity contribution >= 4 is 45.6 Å². The van der Waals surface area contributed by atoms with Gasteiger partial charge in [-0.15, -0.1) is 0 Å². The summed E-state index contributed by atoms with van der Waals surface area (Å²) < 4.78 is 1.88. The SMILES string of the molecule is Cc1c(Nc2nccc3cc(CN4CC[C@@H](O)C4)cnc23)cccc1-c1nccc(NC(=O)c2nc3c(n2C)CCN(C)C3)c1Cl. The van der Waals surface area contributed by atoms with E-state index in [1.165, 1.54) is 0 Å². The lowest BCUT2D eigenvalue weighted by Crippen LogP contribution is -2.27. The van der Waals surface area contributed by atoms with Crippen molar-refractivity contribution in [2.75, 3.05) is 37.3 Å². The van der Waals surface area contributed by atoms with Gasteiger partial charge in [0.05, 0.1) is 28.2 Å². The Morgan fingerprint density at radius 3 is 2.76 bits per heavy atom. The molecule has 0 bridgehead atoms. The topological polar surface area (TPSA) is 124 Å². The minimum atomic E-state index is -0.318. The molecular weight excluding hydrogens is 602 g/mol. The van der Waals surface area contributed by atoms with Gasteiger partial charge in [0.15, 0.2) is 11.6 Å². The number of aliphatic hydroxyl groups excluding tert-OH is 1. The van der Waals surface area contributed by atoms with Gasteiger partial charge in [-0.1, -0.05) is 23.7 Å². The first-order valence-corrected chi connectivity index (χ1v) is 15.8. The van der Waals surface area contributed by atoms with Crippen molar-refractivity contribution in [3.05, 3.63) is 88.4 Å². The molecule has 1 fully saturated rings. The van der Waals surface area contributed by atoms with Gasteiger partial charge in [-0.05, 0) is 55.8 Å². The van der Waals surface area contributed by atoms with E-state index in [4.69, 9.17) is 16.6 Å². The Morgan fingerprint density at radius 1 is 1.09 bits per heavy atom. The van der Waals surface area contributed by atoms with E-state index in [2.05, 4.69) is 48.5 Å². The smallest absolute Gasteiger partial charge is 0.291 e. The Kier molecular flexibility index (Phi) is 8.16. The summed E-state index contributed by atoms with van der Waals surface area (Å²) in [5, 5.41) is 17.6. The number of imidazole rings is 1. The van der Waals surface area contributed by atoms with E-state index in [1.54, 1.807) is 18.5 Å². The van der Waals surface area contributed by atoms with E-state index >= 15 is 0 Å². The predicted octanol–water partition coefficient (Wildman–Crippen LogP) is 4.94. The predicted molar refractivity (Wildman–Crippen MR) is 179 cm³/mol. The summed E-state index contributed by atoms with van der Waals surface area (Å²) in [5.74, 6) is 0.682. The van der Waals surface area contributed by atoms with Crippen LogP contribution in [0.25, 0.3) is 22.2 Å². The Bertz CT molecular complexity index is 1960. The van der Waals surface area contributed by atoms with E-state index in [0.29, 0.717) is 34.6 Å². The molecule has 4 aromatic heterocycles. The molecule has 2 aliphatic heterocycles. The molecule has 0 radical (unpaired) electrons. The highest BCUT2D eigenvalue weighted by Gasteiger charge is 2.25. The number of likely N-dealkylation sites (tertiary alicyclic amines) is 1. The Morgan fingerprint density at radius 2 is 1.93 bits per heavy atom. The van der Waals surface area contributed by atoms with Crippen LogP contribution < -0.4 is 10.6 Å². The second kappa shape index (κ2) is 12.4. The van der Waals surface area contributed by atoms with E-state index in [9.17, 15) is 9.90 Å². The maximum Gasteiger partial charge on any atom is 0.291 e. The average Bonchev–Trinajstić information content (AvgIpc) is 3.60. The highest BCUT2D eigenvalue weighted by Crippen LogP contribution is 2.37. The molecule has 1 atom stereocenters. The maximum absolute atomic E-state index is 13.4. The summed E-state index contributed by atoms with van der Waals surface area (Å²) in [6.07, 6.45) is 6.70. The fraction of sp³-hybridized carbons (Fsp3) is 0.324. The highest BCUT2D eigenvalue weighted by atomic mass is 35.5. The number of carbonyl (C=O) groups excluding carboxylic acids is 1. The van der Waals surface area contributed by atoms with Crippen molar-refractivity contribution < 1.29 is 9.90 Å². The van der Waals surface area contributed by atoms with Gasteiger partial charge in [0, 0.05) is 87.1 Å². The van der Waals surface area contributed by atoms with Crippen LogP contribution in [0.3, 0.4) is 0 Å². The van der Waals surface area contributed by atoms with Gasteiger partial charge in [0.1, 0.15) is 5.52 Å². The molecule has 1 amide bonds. The molecule has 5 aromatic rings. The van der Waals surface area contributed by atoms with Crippen molar-refractivity contribution in [2.45, 2.75) is 39.0 Å². The molecule has 236 valence electrons. The number of aromatic nitrogens is 5. The number of rotatable bonds is 7. The largest absolute Gasteiger partial charge is 0.392 e. The Balaban J connectivity index is 1.13. The molecule has 12 heteroatoms. The first kappa shape index (κ1) is 30.2. The molecule has 6 heterocycles. The standard InChI is InChI=1S/C34H36ClN9O2/c1-20-24(31-29(35)26(8-12-36-31)41-34(46)33-40-27-19-42(2)13-10-28(27)43(33)3)5-4-6-25(20)39-32-30-22(7-11-37-32)15-21(16-38-30)17-44-14-9-23(45)18-44/h4-8,11-12,15-16,23,45H,9-10,13-14,17-19H2,1-3H3,(H,37,39)(H,36,41,46)/t23-/m1/s1. The third-order valence-corrected chi connectivity index (χ3v) is 9.32. The van der Waals surface area contributed by atoms with Crippen LogP contribution in [-0.2, 0) is 26.6 Å². The van der Waals surface area contributed by atoms with Crippen LogP contribution >= 0.6 is 11.6 Å². The molecule has 2 aliphatic rings. The van der Waals surface area contributed by atoms with Crippen molar-refractivity contribution in [1.29, 1.82) is 0 Å². The van der Waals surface area contributed by atoms with Crippen LogP contribution in [0.15, 0.2) is 55.0 Å². The quantitative estimate of drug-likeness (QED) is 0.228. The summed E-state index contributed by atoms with van der Waals surface area (Å²) in [7, 11) is 3.93. The monoisotopic (exact) mass is 637 g/mol. The first-order chi connectivity index (χ1) is 22.2. The molecule has 0 unspecified atom stereocenters. The molecule has 1 aromatic carbocycles. The number of amides is 1. The van der Waals surface area contributed by atoms with Crippen LogP contribution in [0.1, 0.15) is 39.6 Å². The average molecular weight is 638 g/mol. The van der Waals surface area contributed by atoms with Crippen molar-refractivity contribution in [1.82, 2.24) is 34.3 Å². The zero-order chi connectivity index (χ0) is 31.9. The molecule has 0 aliphatic carbocycles. The van der Waals surface area contributed by atoms with Gasteiger partial charge >= 0.3 is 0 Å². The second-order valence-corrected chi connectivity index (χ2v) is 12.6. The fourth-order valence-electron chi connectivity index (χ4n) is 6.42. The van der Waals surface area contributed by atoms with Crippen LogP contribution in [0.2, 0.25) is 5.02 Å². The van der Waals surface area contributed by atoms with Gasteiger partial charge < -0.3 is 25.2 Å². The molecule has 0 spiro atoms. The lowest BCUT2D eigenvalue weighted by molar-refractivity contribution is 0.101. The molecular formula is C34H36ClN9O2. The normalized spacial score (nSPS) is 16.9. The lowest BCUT2D eigenvalue weighted by atomic mass is 10.0. The number of β-amino-alcohol motifs (C(OH)–C–C–N with tert-alkyl or cyclic N) is 1. The summed E-state index contributed by atoms with van der Waals surface area (Å²) in [4.78, 5) is 36.4. The number of halogens is 1. The third-order valence-electron chi connectivity index (χ3n) is 8.94. The highest BCUT2D eigenvalue weighted by molar-refractivity contribution is 6.36. The Hall–Kier alpha value is -4.42. The molecule has 7 rings (SSSR count). The third kappa shape index (κ3) is 5.82. The molecule has 3 N–H and O–H groups in total. The summed E-state index contributed by atoms with van der Waals surface area (Å²) in [6, 6.07) is 11.7. The van der Waals surface area contributed by atoms with Crippen LogP contribution in [0, 0.1) is 6.92 Å². The number of fused-ring (bicyclic) bond motifs is 2. The zero-order valence-electron chi connectivity index (χ0n) is 26.1. The number of nitrogens with one attached hydrogen (secondary N) is 2. The minimum Gasteiger partial charge on any atom is -0.392 e. The number of anilines is 3. The number of benzene rings is 1. The number of pyridine rings is 3. The van der Waals surface area contributed by atoms with E-state index in [-0.39, 0.29) is 12.0 Å². The number of likely N-dealkylation sites (N-methyl/N-ethyl adjacent to an activating group) is 1. The molecule has 11 nitrogen and oxygen atoms in total. The molecule has 1 saturated heterocycles. The van der Waals surface area contributed by atoms with Crippen molar-refractivity contribution in [3.63, 3.8) is 0 Å². The number of nitrogens with zero attached hydrogens (tertiary/aromatic N) is 7. The van der Waals surface area contributed by atoms with Crippen LogP contribution in [0.5, 0.6) is 0 Å². The molecule has 46 heavy (non-hydrogen) atoms. The summed E-state index contributed by atoms with van der Waals surface area (Å²) >= 11 is 6.91. The van der Waals surface area contributed by atoms with Gasteiger partial charge in [-0.2, -0.15) is 0 Å². The van der Waals surface area contributed by atoms with Crippen LogP contribution in [-0.4, -0.2) is 78.1 Å². The van der Waals surface area contributed by atoms with Gasteiger partial charge in [0.25, 0.3) is 5.91 Å². The van der Waals surface area contributed by atoms with Gasteiger partial charge in [-0.3, -0.25) is 19.7 Å². The number of hydrogen-bond donors (Lipinski definition) is 3. The van der Waals surface area contributed by atoms with Crippen molar-refractivity contribution in [3.8, 4) is 11.3 Å². The van der Waals surface area contributed by atoms with Crippen molar-refractivity contribution in [2.24, 2.45) is 7.05 Å². The van der Waals surface area contributed by atoms with E-state index < -0.39 is 0 Å². The van der Waals surface area contributed by atoms with E-state index in [0.717, 1.165) is 83.7 Å². The number of carbonyl (C=O) groups is 1. The second-order valence-electron chi connectivity index (χ2n) is 12.2. The zero-order valence-corrected chi connectivity index (χ0v) is 26.8. The summed E-state index contributed by atoms with van der Waals surface area (Å²) in [5.41, 5.74) is 7.49. The maximum atomic E-state index is 13.4. The molecule has 0 saturated carbocycles. The number of hydrogen-bond acceptors (Lipinski definition) is 9. The lowest BCUT2D eigenvalue weighted by Gasteiger charge is -2.21. The summed E-state index contributed by atoms with van der Waals surface area (Å²) in [6.45, 7) is 5.97. The first-order valence-electron chi connectivity index (χ1n) is 15.4.